The molecule has 4 rings (SSSR count). The van der Waals surface area contributed by atoms with Gasteiger partial charge in [0.25, 0.3) is 5.91 Å². The van der Waals surface area contributed by atoms with Crippen LogP contribution in [0, 0.1) is 6.92 Å². The van der Waals surface area contributed by atoms with Crippen LogP contribution in [0.4, 0.5) is 11.5 Å². The van der Waals surface area contributed by atoms with Gasteiger partial charge in [-0.25, -0.2) is 9.78 Å². The Bertz CT molecular complexity index is 973. The molecule has 0 saturated carbocycles. The maximum atomic E-state index is 12.9. The van der Waals surface area contributed by atoms with E-state index in [1.807, 2.05) is 6.07 Å². The summed E-state index contributed by atoms with van der Waals surface area (Å²) in [6.45, 7) is 5.46. The molecule has 0 bridgehead atoms. The molecular formula is C22H25N3O4. The van der Waals surface area contributed by atoms with Crippen LogP contribution in [0.1, 0.15) is 58.2 Å². The lowest BCUT2D eigenvalue weighted by atomic mass is 10.1. The van der Waals surface area contributed by atoms with Gasteiger partial charge in [0.2, 0.25) is 0 Å². The maximum absolute atomic E-state index is 12.9. The summed E-state index contributed by atoms with van der Waals surface area (Å²) in [5.74, 6) is 0.271. The number of pyridine rings is 1. The van der Waals surface area contributed by atoms with Crippen LogP contribution in [-0.2, 0) is 6.42 Å². The summed E-state index contributed by atoms with van der Waals surface area (Å²) in [5, 5.41) is 12.0. The molecule has 7 heteroatoms. The number of aromatic carboxylic acids is 1. The lowest BCUT2D eigenvalue weighted by Crippen LogP contribution is -2.30. The van der Waals surface area contributed by atoms with Crippen molar-refractivity contribution >= 4 is 23.4 Å². The number of nitrogens with zero attached hydrogens (tertiary/aromatic N) is 2. The number of carboxylic acids is 1. The second kappa shape index (κ2) is 7.73. The number of amides is 1. The standard InChI is InChI=1S/C22H25N3O4/c1-13-11-16(7-8-17(13)22(27)28)23-21(26)18-12-15-6-4-10-29-19(15)20(24-18)25-9-3-5-14(25)2/h7-8,11-12,14H,3-6,9-10H2,1-2H3,(H,23,26)(H,27,28)/t14-/m0/s1. The van der Waals surface area contributed by atoms with Crippen LogP contribution in [0.3, 0.4) is 0 Å². The summed E-state index contributed by atoms with van der Waals surface area (Å²) in [6, 6.07) is 6.93. The van der Waals surface area contributed by atoms with Crippen LogP contribution >= 0.6 is 0 Å². The normalized spacial score (nSPS) is 18.1. The lowest BCUT2D eigenvalue weighted by Gasteiger charge is -2.28. The molecule has 1 atom stereocenters. The second-order valence-electron chi connectivity index (χ2n) is 7.74. The Morgan fingerprint density at radius 1 is 1.28 bits per heavy atom. The number of aromatic nitrogens is 1. The summed E-state index contributed by atoms with van der Waals surface area (Å²) in [4.78, 5) is 31.0. The van der Waals surface area contributed by atoms with E-state index in [0.29, 0.717) is 29.6 Å². The van der Waals surface area contributed by atoms with Crippen LogP contribution in [-0.4, -0.2) is 41.2 Å². The highest BCUT2D eigenvalue weighted by Crippen LogP contribution is 2.38. The third-order valence-electron chi connectivity index (χ3n) is 5.64. The van der Waals surface area contributed by atoms with Crippen LogP contribution < -0.4 is 15.0 Å². The van der Waals surface area contributed by atoms with E-state index in [1.165, 1.54) is 6.07 Å². The molecule has 0 spiro atoms. The summed E-state index contributed by atoms with van der Waals surface area (Å²) in [5.41, 5.74) is 2.72. The molecule has 1 amide bonds. The van der Waals surface area contributed by atoms with E-state index in [9.17, 15) is 14.7 Å². The van der Waals surface area contributed by atoms with Crippen molar-refractivity contribution in [3.63, 3.8) is 0 Å². The van der Waals surface area contributed by atoms with Crippen molar-refractivity contribution in [1.82, 2.24) is 4.98 Å². The van der Waals surface area contributed by atoms with Gasteiger partial charge in [0.15, 0.2) is 11.6 Å². The largest absolute Gasteiger partial charge is 0.489 e. The molecule has 0 radical (unpaired) electrons. The summed E-state index contributed by atoms with van der Waals surface area (Å²) < 4.78 is 5.93. The predicted molar refractivity (Wildman–Crippen MR) is 110 cm³/mol. The minimum Gasteiger partial charge on any atom is -0.489 e. The molecule has 29 heavy (non-hydrogen) atoms. The van der Waals surface area contributed by atoms with Crippen molar-refractivity contribution in [1.29, 1.82) is 0 Å². The number of aryl methyl sites for hydroxylation is 2. The lowest BCUT2D eigenvalue weighted by molar-refractivity contribution is 0.0696. The third-order valence-corrected chi connectivity index (χ3v) is 5.64. The van der Waals surface area contributed by atoms with Gasteiger partial charge >= 0.3 is 5.97 Å². The highest BCUT2D eigenvalue weighted by Gasteiger charge is 2.29. The number of anilines is 2. The zero-order chi connectivity index (χ0) is 20.5. The van der Waals surface area contributed by atoms with Crippen LogP contribution in [0.25, 0.3) is 0 Å². The van der Waals surface area contributed by atoms with Crippen LogP contribution in [0.2, 0.25) is 0 Å². The summed E-state index contributed by atoms with van der Waals surface area (Å²) in [6.07, 6.45) is 3.98. The van der Waals surface area contributed by atoms with E-state index in [4.69, 9.17) is 4.74 Å². The molecule has 1 aromatic carbocycles. The molecule has 2 aliphatic rings. The number of hydrogen-bond donors (Lipinski definition) is 2. The van der Waals surface area contributed by atoms with Gasteiger partial charge in [-0.2, -0.15) is 0 Å². The Morgan fingerprint density at radius 3 is 2.79 bits per heavy atom. The maximum Gasteiger partial charge on any atom is 0.335 e. The number of fused-ring (bicyclic) bond motifs is 1. The van der Waals surface area contributed by atoms with E-state index < -0.39 is 5.97 Å². The zero-order valence-electron chi connectivity index (χ0n) is 16.7. The summed E-state index contributed by atoms with van der Waals surface area (Å²) in [7, 11) is 0. The van der Waals surface area contributed by atoms with E-state index in [0.717, 1.165) is 49.4 Å². The first-order valence-electron chi connectivity index (χ1n) is 10.0. The molecule has 3 heterocycles. The molecule has 0 aliphatic carbocycles. The highest BCUT2D eigenvalue weighted by molar-refractivity contribution is 6.04. The number of rotatable bonds is 4. The van der Waals surface area contributed by atoms with Crippen molar-refractivity contribution in [3.8, 4) is 5.75 Å². The van der Waals surface area contributed by atoms with E-state index >= 15 is 0 Å². The number of carbonyl (C=O) groups excluding carboxylic acids is 1. The monoisotopic (exact) mass is 395 g/mol. The van der Waals surface area contributed by atoms with Crippen molar-refractivity contribution in [3.05, 3.63) is 46.6 Å². The fourth-order valence-corrected chi connectivity index (χ4v) is 4.09. The molecule has 0 unspecified atom stereocenters. The van der Waals surface area contributed by atoms with Crippen molar-refractivity contribution in [2.75, 3.05) is 23.4 Å². The Balaban J connectivity index is 1.65. The average molecular weight is 395 g/mol. The van der Waals surface area contributed by atoms with Gasteiger partial charge in [0, 0.05) is 23.8 Å². The minimum atomic E-state index is -0.985. The quantitative estimate of drug-likeness (QED) is 0.821. The van der Waals surface area contributed by atoms with Crippen molar-refractivity contribution in [2.45, 2.75) is 45.6 Å². The highest BCUT2D eigenvalue weighted by atomic mass is 16.5. The fourth-order valence-electron chi connectivity index (χ4n) is 4.09. The van der Waals surface area contributed by atoms with Gasteiger partial charge in [-0.1, -0.05) is 0 Å². The molecule has 152 valence electrons. The second-order valence-corrected chi connectivity index (χ2v) is 7.74. The van der Waals surface area contributed by atoms with Gasteiger partial charge in [0.05, 0.1) is 12.2 Å². The smallest absolute Gasteiger partial charge is 0.335 e. The van der Waals surface area contributed by atoms with Gasteiger partial charge in [-0.15, -0.1) is 0 Å². The Morgan fingerprint density at radius 2 is 2.10 bits per heavy atom. The van der Waals surface area contributed by atoms with Gasteiger partial charge < -0.3 is 20.1 Å². The first-order valence-corrected chi connectivity index (χ1v) is 10.0. The molecule has 1 saturated heterocycles. The number of ether oxygens (including phenoxy) is 1. The number of carboxylic acid groups (broad SMARTS) is 1. The van der Waals surface area contributed by atoms with Gasteiger partial charge in [-0.3, -0.25) is 4.79 Å². The number of hydrogen-bond acceptors (Lipinski definition) is 5. The Hall–Kier alpha value is -3.09. The molecule has 7 nitrogen and oxygen atoms in total. The molecule has 2 aliphatic heterocycles. The van der Waals surface area contributed by atoms with Gasteiger partial charge in [0.1, 0.15) is 5.69 Å². The summed E-state index contributed by atoms with van der Waals surface area (Å²) >= 11 is 0. The van der Waals surface area contributed by atoms with Gasteiger partial charge in [-0.05, 0) is 69.4 Å². The first kappa shape index (κ1) is 19.2. The van der Waals surface area contributed by atoms with Crippen LogP contribution in [0.5, 0.6) is 5.75 Å². The Kier molecular flexibility index (Phi) is 5.13. The number of nitrogens with one attached hydrogen (secondary N) is 1. The van der Waals surface area contributed by atoms with Crippen molar-refractivity contribution < 1.29 is 19.4 Å². The zero-order valence-corrected chi connectivity index (χ0v) is 16.7. The topological polar surface area (TPSA) is 91.8 Å². The van der Waals surface area contributed by atoms with E-state index in [1.54, 1.807) is 19.1 Å². The van der Waals surface area contributed by atoms with E-state index in [-0.39, 0.29) is 11.5 Å². The number of carbonyl (C=O) groups is 2. The van der Waals surface area contributed by atoms with E-state index in [2.05, 4.69) is 22.1 Å². The average Bonchev–Trinajstić information content (AvgIpc) is 3.12. The molecule has 2 N–H and O–H groups in total. The first-order chi connectivity index (χ1) is 13.9. The predicted octanol–water partition coefficient (Wildman–Crippen LogP) is 3.65. The fraction of sp³-hybridized carbons (Fsp3) is 0.409. The number of benzene rings is 1. The van der Waals surface area contributed by atoms with Crippen LogP contribution in [0.15, 0.2) is 24.3 Å². The SMILES string of the molecule is Cc1cc(NC(=O)c2cc3c(c(N4CCC[C@@H]4C)n2)OCCC3)ccc1C(=O)O. The molecule has 1 aromatic heterocycles. The minimum absolute atomic E-state index is 0.220. The molecular weight excluding hydrogens is 370 g/mol. The third kappa shape index (κ3) is 3.77. The van der Waals surface area contributed by atoms with Crippen molar-refractivity contribution in [2.24, 2.45) is 0 Å². The molecule has 2 aromatic rings. The molecule has 1 fully saturated rings. The Labute approximate surface area is 169 Å².